The van der Waals surface area contributed by atoms with Crippen molar-refractivity contribution in [2.45, 2.75) is 57.6 Å². The molecule has 2 aliphatic heterocycles. The number of hydrogen-bond donors (Lipinski definition) is 1. The fourth-order valence-corrected chi connectivity index (χ4v) is 5.92. The zero-order valence-corrected chi connectivity index (χ0v) is 21.5. The molecule has 1 aromatic heterocycles. The first-order valence-corrected chi connectivity index (χ1v) is 13.3. The first kappa shape index (κ1) is 24.8. The van der Waals surface area contributed by atoms with E-state index in [1.807, 2.05) is 6.07 Å². The van der Waals surface area contributed by atoms with Gasteiger partial charge in [0.05, 0.1) is 16.7 Å². The number of nitrogens with zero attached hydrogens (tertiary/aromatic N) is 5. The first-order valence-electron chi connectivity index (χ1n) is 13.0. The summed E-state index contributed by atoms with van der Waals surface area (Å²) in [4.78, 5) is 17.6. The molecule has 1 aliphatic carbocycles. The van der Waals surface area contributed by atoms with Crippen molar-refractivity contribution in [2.75, 3.05) is 37.6 Å². The van der Waals surface area contributed by atoms with Gasteiger partial charge < -0.3 is 19.9 Å². The summed E-state index contributed by atoms with van der Waals surface area (Å²) in [6, 6.07) is 11.0. The second-order valence-corrected chi connectivity index (χ2v) is 10.8. The number of nitrogens with one attached hydrogen (secondary N) is 1. The Morgan fingerprint density at radius 3 is 2.53 bits per heavy atom. The summed E-state index contributed by atoms with van der Waals surface area (Å²) < 4.78 is 6.04. The van der Waals surface area contributed by atoms with Crippen molar-refractivity contribution in [3.05, 3.63) is 46.6 Å². The van der Waals surface area contributed by atoms with Crippen LogP contribution in [0.5, 0.6) is 5.75 Å². The lowest BCUT2D eigenvalue weighted by molar-refractivity contribution is -0.0144. The van der Waals surface area contributed by atoms with Crippen LogP contribution >= 0.6 is 11.6 Å². The number of likely N-dealkylation sites (tertiary alicyclic amines) is 1. The second kappa shape index (κ2) is 10.6. The van der Waals surface area contributed by atoms with Crippen molar-refractivity contribution >= 4 is 23.3 Å². The molecule has 0 atom stereocenters. The maximum absolute atomic E-state index is 12.8. The van der Waals surface area contributed by atoms with Gasteiger partial charge in [0.1, 0.15) is 11.8 Å². The van der Waals surface area contributed by atoms with Crippen LogP contribution < -0.4 is 15.0 Å². The molecule has 5 rings (SSSR count). The molecule has 190 valence electrons. The van der Waals surface area contributed by atoms with Crippen LogP contribution in [0.25, 0.3) is 0 Å². The third kappa shape index (κ3) is 5.42. The molecule has 3 fully saturated rings. The molecular formula is C27H33ClN6O2. The molecule has 8 nitrogen and oxygen atoms in total. The average molecular weight is 509 g/mol. The largest absolute Gasteiger partial charge is 0.490 e. The Morgan fingerprint density at radius 2 is 1.92 bits per heavy atom. The lowest BCUT2D eigenvalue weighted by Crippen LogP contribution is -2.60. The predicted octanol–water partition coefficient (Wildman–Crippen LogP) is 4.04. The van der Waals surface area contributed by atoms with Crippen LogP contribution in [-0.4, -0.2) is 65.9 Å². The molecule has 1 spiro atoms. The van der Waals surface area contributed by atoms with E-state index in [9.17, 15) is 4.79 Å². The van der Waals surface area contributed by atoms with E-state index in [2.05, 4.69) is 38.3 Å². The van der Waals surface area contributed by atoms with Gasteiger partial charge in [0, 0.05) is 38.3 Å². The lowest BCUT2D eigenvalue weighted by Gasteiger charge is -2.54. The van der Waals surface area contributed by atoms with Crippen LogP contribution in [0.15, 0.2) is 30.3 Å². The van der Waals surface area contributed by atoms with Gasteiger partial charge in [-0.3, -0.25) is 4.79 Å². The molecule has 1 aromatic carbocycles. The smallest absolute Gasteiger partial charge is 0.272 e. The van der Waals surface area contributed by atoms with Crippen LogP contribution in [-0.2, 0) is 0 Å². The van der Waals surface area contributed by atoms with Crippen LogP contribution in [0.3, 0.4) is 0 Å². The molecule has 0 unspecified atom stereocenters. The molecular weight excluding hydrogens is 476 g/mol. The fraction of sp³-hybridized carbons (Fsp3) is 0.556. The van der Waals surface area contributed by atoms with E-state index in [1.165, 1.54) is 25.9 Å². The van der Waals surface area contributed by atoms with Gasteiger partial charge in [-0.05, 0) is 74.8 Å². The number of piperidine rings is 1. The number of anilines is 1. The van der Waals surface area contributed by atoms with E-state index in [0.29, 0.717) is 27.4 Å². The molecule has 3 aliphatic rings. The number of halogens is 1. The molecule has 36 heavy (non-hydrogen) atoms. The minimum Gasteiger partial charge on any atom is -0.490 e. The van der Waals surface area contributed by atoms with Gasteiger partial charge in [0.2, 0.25) is 0 Å². The Balaban J connectivity index is 1.07. The molecule has 3 heterocycles. The number of rotatable bonds is 6. The Kier molecular flexibility index (Phi) is 7.31. The van der Waals surface area contributed by atoms with Gasteiger partial charge in [-0.15, -0.1) is 10.2 Å². The SMILES string of the molecule is CCN1CC2(CCN(c3ccc(C(=O)NC4CCC(Oc5ccc(C#N)c(Cl)c5)CC4)nn3)CC2)C1. The second-order valence-electron chi connectivity index (χ2n) is 10.4. The first-order chi connectivity index (χ1) is 17.5. The van der Waals surface area contributed by atoms with E-state index in [1.54, 1.807) is 24.3 Å². The van der Waals surface area contributed by atoms with Crippen molar-refractivity contribution in [3.8, 4) is 11.8 Å². The molecule has 1 amide bonds. The van der Waals surface area contributed by atoms with Gasteiger partial charge in [-0.25, -0.2) is 0 Å². The summed E-state index contributed by atoms with van der Waals surface area (Å²) in [5.74, 6) is 1.35. The van der Waals surface area contributed by atoms with Crippen molar-refractivity contribution < 1.29 is 9.53 Å². The van der Waals surface area contributed by atoms with Gasteiger partial charge in [-0.1, -0.05) is 18.5 Å². The monoisotopic (exact) mass is 508 g/mol. The maximum Gasteiger partial charge on any atom is 0.272 e. The van der Waals surface area contributed by atoms with E-state index in [-0.39, 0.29) is 18.1 Å². The number of hydrogen-bond acceptors (Lipinski definition) is 7. The molecule has 0 bridgehead atoms. The molecule has 2 saturated heterocycles. The highest BCUT2D eigenvalue weighted by molar-refractivity contribution is 6.31. The average Bonchev–Trinajstić information content (AvgIpc) is 2.89. The molecule has 0 radical (unpaired) electrons. The number of ether oxygens (including phenoxy) is 1. The standard InChI is InChI=1S/C27H33ClN6O2/c1-2-33-17-27(18-33)11-13-34(14-12-27)25-10-9-24(31-32-25)26(35)30-20-4-7-21(8-5-20)36-22-6-3-19(16-29)23(28)15-22/h3,6,9-10,15,20-21H,2,4-5,7-8,11-14,17-18H2,1H3,(H,30,35). The fourth-order valence-electron chi connectivity index (χ4n) is 5.70. The minimum absolute atomic E-state index is 0.0647. The molecule has 2 aromatic rings. The van der Waals surface area contributed by atoms with E-state index in [0.717, 1.165) is 51.1 Å². The van der Waals surface area contributed by atoms with Crippen molar-refractivity contribution in [2.24, 2.45) is 5.41 Å². The molecule has 1 N–H and O–H groups in total. The summed E-state index contributed by atoms with van der Waals surface area (Å²) >= 11 is 6.10. The Morgan fingerprint density at radius 1 is 1.17 bits per heavy atom. The van der Waals surface area contributed by atoms with Gasteiger partial charge >= 0.3 is 0 Å². The number of amides is 1. The number of benzene rings is 1. The van der Waals surface area contributed by atoms with Crippen molar-refractivity contribution in [1.29, 1.82) is 5.26 Å². The van der Waals surface area contributed by atoms with E-state index in [4.69, 9.17) is 21.6 Å². The summed E-state index contributed by atoms with van der Waals surface area (Å²) in [6.45, 7) is 7.81. The van der Waals surface area contributed by atoms with E-state index < -0.39 is 0 Å². The third-order valence-electron chi connectivity index (χ3n) is 7.97. The molecule has 1 saturated carbocycles. The highest BCUT2D eigenvalue weighted by Gasteiger charge is 2.44. The van der Waals surface area contributed by atoms with Crippen LogP contribution in [0, 0.1) is 16.7 Å². The number of aromatic nitrogens is 2. The summed E-state index contributed by atoms with van der Waals surface area (Å²) in [5, 5.41) is 21.1. The quantitative estimate of drug-likeness (QED) is 0.629. The predicted molar refractivity (Wildman–Crippen MR) is 138 cm³/mol. The van der Waals surface area contributed by atoms with Crippen LogP contribution in [0.2, 0.25) is 5.02 Å². The maximum atomic E-state index is 12.8. The number of nitriles is 1. The topological polar surface area (TPSA) is 94.4 Å². The summed E-state index contributed by atoms with van der Waals surface area (Å²) in [7, 11) is 0. The minimum atomic E-state index is -0.177. The highest BCUT2D eigenvalue weighted by atomic mass is 35.5. The third-order valence-corrected chi connectivity index (χ3v) is 8.28. The number of carbonyl (C=O) groups is 1. The van der Waals surface area contributed by atoms with Gasteiger partial charge in [-0.2, -0.15) is 5.26 Å². The Bertz CT molecular complexity index is 1110. The normalized spacial score (nSPS) is 23.5. The zero-order valence-electron chi connectivity index (χ0n) is 20.8. The summed E-state index contributed by atoms with van der Waals surface area (Å²) in [5.41, 5.74) is 1.29. The Labute approximate surface area is 217 Å². The lowest BCUT2D eigenvalue weighted by atomic mass is 9.72. The number of carbonyl (C=O) groups excluding carboxylic acids is 1. The van der Waals surface area contributed by atoms with Gasteiger partial charge in [0.25, 0.3) is 5.91 Å². The van der Waals surface area contributed by atoms with Crippen LogP contribution in [0.4, 0.5) is 5.82 Å². The van der Waals surface area contributed by atoms with Crippen molar-refractivity contribution in [1.82, 2.24) is 20.4 Å². The molecule has 9 heteroatoms. The van der Waals surface area contributed by atoms with Crippen molar-refractivity contribution in [3.63, 3.8) is 0 Å². The van der Waals surface area contributed by atoms with E-state index >= 15 is 0 Å². The zero-order chi connectivity index (χ0) is 25.1. The summed E-state index contributed by atoms with van der Waals surface area (Å²) in [6.07, 6.45) is 5.78. The van der Waals surface area contributed by atoms with Gasteiger partial charge in [0.15, 0.2) is 11.5 Å². The Hall–Kier alpha value is -2.89. The van der Waals surface area contributed by atoms with Crippen LogP contribution in [0.1, 0.15) is 61.5 Å². The highest BCUT2D eigenvalue weighted by Crippen LogP contribution is 2.40.